The van der Waals surface area contributed by atoms with E-state index in [4.69, 9.17) is 16.9 Å². The fraction of sp³-hybridized carbons (Fsp3) is 0.500. The summed E-state index contributed by atoms with van der Waals surface area (Å²) in [5, 5.41) is 17.8. The number of hydrogen-bond acceptors (Lipinski definition) is 4. The Morgan fingerprint density at radius 2 is 2.13 bits per heavy atom. The molecule has 0 atom stereocenters. The van der Waals surface area contributed by atoms with Crippen LogP contribution in [0.5, 0.6) is 0 Å². The molecule has 0 aromatic carbocycles. The van der Waals surface area contributed by atoms with E-state index < -0.39 is 0 Å². The third kappa shape index (κ3) is 3.08. The average molecular weight is 242 g/mol. The van der Waals surface area contributed by atoms with Crippen molar-refractivity contribution in [2.45, 2.75) is 25.3 Å². The van der Waals surface area contributed by atoms with Gasteiger partial charge in [-0.3, -0.25) is 0 Å². The quantitative estimate of drug-likeness (QED) is 0.462. The number of thioether (sulfide) groups is 1. The largest absolute Gasteiger partial charge is 0.192 e. The van der Waals surface area contributed by atoms with Crippen LogP contribution >= 0.6 is 23.4 Å². The number of nitriles is 1. The van der Waals surface area contributed by atoms with Crippen molar-refractivity contribution in [3.05, 3.63) is 16.8 Å². The van der Waals surface area contributed by atoms with Crippen LogP contribution in [-0.2, 0) is 0 Å². The van der Waals surface area contributed by atoms with Crippen molar-refractivity contribution in [3.63, 3.8) is 0 Å². The third-order valence-electron chi connectivity index (χ3n) is 2.05. The summed E-state index contributed by atoms with van der Waals surface area (Å²) in [5.41, 5.74) is 2.37. The molecule has 0 aliphatic carbocycles. The monoisotopic (exact) mass is 241 g/mol. The fourth-order valence-electron chi connectivity index (χ4n) is 1.04. The molecule has 0 saturated heterocycles. The lowest BCUT2D eigenvalue weighted by Gasteiger charge is -2.05. The topological polar surface area (TPSA) is 49.6 Å². The number of hydrogen-bond donors (Lipinski definition) is 0. The first-order chi connectivity index (χ1) is 7.20. The zero-order valence-corrected chi connectivity index (χ0v) is 10.3. The van der Waals surface area contributed by atoms with Gasteiger partial charge >= 0.3 is 0 Å². The highest BCUT2D eigenvalue weighted by Gasteiger charge is 2.10. The van der Waals surface area contributed by atoms with Gasteiger partial charge in [-0.05, 0) is 25.8 Å². The van der Waals surface area contributed by atoms with E-state index in [1.165, 1.54) is 11.8 Å². The molecule has 0 amide bonds. The second-order valence-corrected chi connectivity index (χ2v) is 4.55. The Morgan fingerprint density at radius 1 is 1.40 bits per heavy atom. The molecule has 1 rings (SSSR count). The van der Waals surface area contributed by atoms with E-state index in [9.17, 15) is 0 Å². The van der Waals surface area contributed by atoms with Gasteiger partial charge in [-0.15, -0.1) is 28.5 Å². The summed E-state index contributed by atoms with van der Waals surface area (Å²) in [6, 6.07) is 2.18. The summed E-state index contributed by atoms with van der Waals surface area (Å²) >= 11 is 7.12. The number of rotatable bonds is 4. The maximum Gasteiger partial charge on any atom is 0.137 e. The van der Waals surface area contributed by atoms with Gasteiger partial charge < -0.3 is 0 Å². The van der Waals surface area contributed by atoms with Crippen molar-refractivity contribution in [2.75, 3.05) is 11.6 Å². The van der Waals surface area contributed by atoms with Gasteiger partial charge in [0, 0.05) is 11.6 Å². The minimum absolute atomic E-state index is 0.632. The number of aromatic nitrogens is 2. The smallest absolute Gasteiger partial charge is 0.137 e. The molecule has 0 fully saturated rings. The lowest BCUT2D eigenvalue weighted by Crippen LogP contribution is -1.99. The van der Waals surface area contributed by atoms with Crippen molar-refractivity contribution in [1.82, 2.24) is 10.2 Å². The molecule has 0 spiro atoms. The van der Waals surface area contributed by atoms with Crippen LogP contribution in [0.15, 0.2) is 5.03 Å². The molecule has 80 valence electrons. The Labute approximate surface area is 98.8 Å². The molecule has 1 heterocycles. The van der Waals surface area contributed by atoms with E-state index in [1.54, 1.807) is 0 Å². The molecule has 15 heavy (non-hydrogen) atoms. The zero-order valence-electron chi connectivity index (χ0n) is 8.75. The van der Waals surface area contributed by atoms with E-state index in [2.05, 4.69) is 16.3 Å². The molecule has 1 aromatic heterocycles. The van der Waals surface area contributed by atoms with Crippen molar-refractivity contribution >= 4 is 23.4 Å². The minimum atomic E-state index is 0.632. The van der Waals surface area contributed by atoms with Crippen molar-refractivity contribution in [3.8, 4) is 6.07 Å². The van der Waals surface area contributed by atoms with Crippen LogP contribution < -0.4 is 0 Å². The maximum absolute atomic E-state index is 9.02. The van der Waals surface area contributed by atoms with Crippen LogP contribution in [0.3, 0.4) is 0 Å². The summed E-state index contributed by atoms with van der Waals surface area (Å²) in [6.45, 7) is 3.75. The van der Waals surface area contributed by atoms with Crippen LogP contribution in [0, 0.1) is 25.2 Å². The molecule has 0 aliphatic heterocycles. The number of halogens is 1. The van der Waals surface area contributed by atoms with Gasteiger partial charge in [-0.2, -0.15) is 10.4 Å². The Kier molecular flexibility index (Phi) is 4.86. The van der Waals surface area contributed by atoms with Crippen molar-refractivity contribution in [1.29, 1.82) is 5.26 Å². The molecule has 1 aromatic rings. The highest BCUT2D eigenvalue weighted by atomic mass is 35.5. The lowest BCUT2D eigenvalue weighted by atomic mass is 10.1. The number of alkyl halides is 1. The normalized spacial score (nSPS) is 10.0. The van der Waals surface area contributed by atoms with Crippen LogP contribution in [-0.4, -0.2) is 21.8 Å². The third-order valence-corrected chi connectivity index (χ3v) is 3.37. The van der Waals surface area contributed by atoms with E-state index in [-0.39, 0.29) is 0 Å². The molecule has 0 bridgehead atoms. The van der Waals surface area contributed by atoms with Gasteiger partial charge in [0.1, 0.15) is 11.1 Å². The molecular weight excluding hydrogens is 230 g/mol. The predicted octanol–water partition coefficient (Wildman–Crippen LogP) is 2.69. The molecule has 5 heteroatoms. The zero-order chi connectivity index (χ0) is 11.3. The van der Waals surface area contributed by atoms with Gasteiger partial charge in [-0.1, -0.05) is 0 Å². The van der Waals surface area contributed by atoms with Gasteiger partial charge in [-0.25, -0.2) is 0 Å². The molecule has 0 radical (unpaired) electrons. The van der Waals surface area contributed by atoms with E-state index in [1.807, 2.05) is 13.8 Å². The van der Waals surface area contributed by atoms with Crippen molar-refractivity contribution < 1.29 is 0 Å². The summed E-state index contributed by atoms with van der Waals surface area (Å²) in [5.74, 6) is 1.50. The fourth-order valence-corrected chi connectivity index (χ4v) is 2.26. The van der Waals surface area contributed by atoms with Gasteiger partial charge in [0.2, 0.25) is 0 Å². The second-order valence-electron chi connectivity index (χ2n) is 3.09. The molecular formula is C10H12ClN3S. The number of nitrogens with zero attached hydrogens (tertiary/aromatic N) is 3. The predicted molar refractivity (Wildman–Crippen MR) is 62.3 cm³/mol. The molecule has 0 aliphatic rings. The molecule has 0 N–H and O–H groups in total. The van der Waals surface area contributed by atoms with Crippen LogP contribution in [0.25, 0.3) is 0 Å². The Morgan fingerprint density at radius 3 is 2.73 bits per heavy atom. The van der Waals surface area contributed by atoms with Crippen LogP contribution in [0.1, 0.15) is 23.2 Å². The standard InChI is InChI=1S/C10H12ClN3S/c1-7-8(2)13-14-10(9(7)6-12)15-5-3-4-11/h3-5H2,1-2H3. The number of aryl methyl sites for hydroxylation is 1. The van der Waals surface area contributed by atoms with Gasteiger partial charge in [0.05, 0.1) is 11.3 Å². The molecule has 0 unspecified atom stereocenters. The van der Waals surface area contributed by atoms with Crippen LogP contribution in [0.4, 0.5) is 0 Å². The first kappa shape index (κ1) is 12.3. The highest BCUT2D eigenvalue weighted by Crippen LogP contribution is 2.23. The highest BCUT2D eigenvalue weighted by molar-refractivity contribution is 7.99. The minimum Gasteiger partial charge on any atom is -0.192 e. The first-order valence-electron chi connectivity index (χ1n) is 4.63. The first-order valence-corrected chi connectivity index (χ1v) is 6.15. The summed E-state index contributed by atoms with van der Waals surface area (Å²) < 4.78 is 0. The molecule has 0 saturated carbocycles. The Hall–Kier alpha value is -0.790. The maximum atomic E-state index is 9.02. The molecule has 3 nitrogen and oxygen atoms in total. The lowest BCUT2D eigenvalue weighted by molar-refractivity contribution is 0.870. The average Bonchev–Trinajstić information content (AvgIpc) is 2.24. The van der Waals surface area contributed by atoms with Gasteiger partial charge in [0.15, 0.2) is 0 Å². The van der Waals surface area contributed by atoms with Gasteiger partial charge in [0.25, 0.3) is 0 Å². The Bertz CT molecular complexity index is 387. The van der Waals surface area contributed by atoms with E-state index >= 15 is 0 Å². The SMILES string of the molecule is Cc1nnc(SCCCCl)c(C#N)c1C. The summed E-state index contributed by atoms with van der Waals surface area (Å²) in [4.78, 5) is 0. The summed E-state index contributed by atoms with van der Waals surface area (Å²) in [7, 11) is 0. The Balaban J connectivity index is 2.89. The van der Waals surface area contributed by atoms with E-state index in [0.717, 1.165) is 23.4 Å². The van der Waals surface area contributed by atoms with Crippen LogP contribution in [0.2, 0.25) is 0 Å². The second kappa shape index (κ2) is 5.94. The van der Waals surface area contributed by atoms with Crippen molar-refractivity contribution in [2.24, 2.45) is 0 Å². The van der Waals surface area contributed by atoms with E-state index in [0.29, 0.717) is 16.5 Å². The summed E-state index contributed by atoms with van der Waals surface area (Å²) in [6.07, 6.45) is 0.908.